The molecule has 0 saturated heterocycles. The Labute approximate surface area is 122 Å². The lowest BCUT2D eigenvalue weighted by Crippen LogP contribution is -2.09. The van der Waals surface area contributed by atoms with Crippen LogP contribution in [0.2, 0.25) is 10.0 Å². The fourth-order valence-corrected chi connectivity index (χ4v) is 3.05. The highest BCUT2D eigenvalue weighted by Gasteiger charge is 2.47. The van der Waals surface area contributed by atoms with E-state index in [0.29, 0.717) is 10.0 Å². The first-order valence-electron chi connectivity index (χ1n) is 6.19. The number of benzene rings is 1. The Kier molecular flexibility index (Phi) is 3.12. The average Bonchev–Trinajstić information content (AvgIpc) is 3.20. The molecule has 1 heterocycles. The molecule has 0 N–H and O–H groups in total. The van der Waals surface area contributed by atoms with Gasteiger partial charge in [-0.05, 0) is 47.7 Å². The van der Waals surface area contributed by atoms with E-state index < -0.39 is 0 Å². The van der Waals surface area contributed by atoms with E-state index in [1.54, 1.807) is 12.3 Å². The second-order valence-electron chi connectivity index (χ2n) is 4.93. The molecule has 0 unspecified atom stereocenters. The number of allylic oxidation sites excluding steroid dienone is 1. The van der Waals surface area contributed by atoms with Crippen LogP contribution in [0, 0.1) is 0 Å². The Balaban J connectivity index is 2.01. The molecule has 0 bridgehead atoms. The molecule has 1 aliphatic rings. The molecule has 0 spiro atoms. The first kappa shape index (κ1) is 12.7. The van der Waals surface area contributed by atoms with Gasteiger partial charge in [0.25, 0.3) is 0 Å². The van der Waals surface area contributed by atoms with Crippen molar-refractivity contribution in [1.82, 2.24) is 4.98 Å². The monoisotopic (exact) mass is 289 g/mol. The van der Waals surface area contributed by atoms with Gasteiger partial charge in [0.05, 0.1) is 0 Å². The topological polar surface area (TPSA) is 12.9 Å². The Hall–Kier alpha value is -1.31. The minimum atomic E-state index is 0.00568. The maximum Gasteiger partial charge on any atom is 0.0496 e. The van der Waals surface area contributed by atoms with E-state index in [2.05, 4.69) is 17.6 Å². The summed E-state index contributed by atoms with van der Waals surface area (Å²) < 4.78 is 0. The van der Waals surface area contributed by atoms with Gasteiger partial charge in [-0.25, -0.2) is 0 Å². The van der Waals surface area contributed by atoms with E-state index in [-0.39, 0.29) is 5.41 Å². The summed E-state index contributed by atoms with van der Waals surface area (Å²) in [7, 11) is 0. The van der Waals surface area contributed by atoms with Crippen molar-refractivity contribution in [2.24, 2.45) is 0 Å². The third-order valence-electron chi connectivity index (χ3n) is 3.80. The molecule has 1 saturated carbocycles. The highest BCUT2D eigenvalue weighted by Crippen LogP contribution is 2.57. The third-order valence-corrected chi connectivity index (χ3v) is 4.35. The first-order chi connectivity index (χ1) is 9.13. The number of pyridine rings is 1. The number of aromatic nitrogens is 1. The fourth-order valence-electron chi connectivity index (χ4n) is 2.53. The SMILES string of the molecule is C=C(c1ccc(Cl)cc1Cl)C1(c2cccnc2)CC1. The summed E-state index contributed by atoms with van der Waals surface area (Å²) in [6.45, 7) is 4.27. The van der Waals surface area contributed by atoms with Gasteiger partial charge >= 0.3 is 0 Å². The second kappa shape index (κ2) is 4.66. The standard InChI is InChI=1S/C16H13Cl2N/c1-11(14-5-4-13(17)9-15(14)18)16(6-7-16)12-3-2-8-19-10-12/h2-5,8-10H,1,6-7H2. The third kappa shape index (κ3) is 2.18. The van der Waals surface area contributed by atoms with Crippen molar-refractivity contribution in [3.05, 3.63) is 70.5 Å². The highest BCUT2D eigenvalue weighted by molar-refractivity contribution is 6.35. The summed E-state index contributed by atoms with van der Waals surface area (Å²) in [5, 5.41) is 1.31. The van der Waals surface area contributed by atoms with Gasteiger partial charge in [-0.3, -0.25) is 4.98 Å². The quantitative estimate of drug-likeness (QED) is 0.763. The van der Waals surface area contributed by atoms with Crippen molar-refractivity contribution in [1.29, 1.82) is 0 Å². The van der Waals surface area contributed by atoms with Crippen molar-refractivity contribution in [3.63, 3.8) is 0 Å². The zero-order chi connectivity index (χ0) is 13.5. The van der Waals surface area contributed by atoms with Gasteiger partial charge in [0, 0.05) is 27.9 Å². The maximum atomic E-state index is 6.28. The lowest BCUT2D eigenvalue weighted by molar-refractivity contribution is 0.906. The maximum absolute atomic E-state index is 6.28. The Bertz CT molecular complexity index is 630. The van der Waals surface area contributed by atoms with Crippen LogP contribution in [0.1, 0.15) is 24.0 Å². The molecule has 96 valence electrons. The minimum absolute atomic E-state index is 0.00568. The van der Waals surface area contributed by atoms with Gasteiger partial charge in [0.15, 0.2) is 0 Å². The molecule has 1 aromatic carbocycles. The van der Waals surface area contributed by atoms with E-state index in [9.17, 15) is 0 Å². The molecule has 3 rings (SSSR count). The van der Waals surface area contributed by atoms with Crippen LogP contribution >= 0.6 is 23.2 Å². The van der Waals surface area contributed by atoms with Gasteiger partial charge in [-0.15, -0.1) is 0 Å². The normalized spacial score (nSPS) is 16.1. The van der Waals surface area contributed by atoms with Gasteiger partial charge < -0.3 is 0 Å². The zero-order valence-corrected chi connectivity index (χ0v) is 11.9. The Morgan fingerprint density at radius 2 is 2.00 bits per heavy atom. The number of rotatable bonds is 3. The molecule has 1 aliphatic carbocycles. The zero-order valence-electron chi connectivity index (χ0n) is 10.4. The number of halogens is 2. The lowest BCUT2D eigenvalue weighted by Gasteiger charge is -2.20. The van der Waals surface area contributed by atoms with E-state index >= 15 is 0 Å². The molecule has 2 aromatic rings. The number of hydrogen-bond donors (Lipinski definition) is 0. The molecule has 1 nitrogen and oxygen atoms in total. The van der Waals surface area contributed by atoms with E-state index in [0.717, 1.165) is 24.0 Å². The summed E-state index contributed by atoms with van der Waals surface area (Å²) in [4.78, 5) is 4.21. The van der Waals surface area contributed by atoms with Gasteiger partial charge in [0.1, 0.15) is 0 Å². The average molecular weight is 290 g/mol. The highest BCUT2D eigenvalue weighted by atomic mass is 35.5. The number of hydrogen-bond acceptors (Lipinski definition) is 1. The van der Waals surface area contributed by atoms with Gasteiger partial charge in [-0.2, -0.15) is 0 Å². The van der Waals surface area contributed by atoms with Crippen LogP contribution in [-0.2, 0) is 5.41 Å². The molecule has 0 amide bonds. The van der Waals surface area contributed by atoms with Crippen LogP contribution in [0.4, 0.5) is 0 Å². The molecule has 1 aromatic heterocycles. The van der Waals surface area contributed by atoms with Crippen LogP contribution in [0.15, 0.2) is 49.3 Å². The predicted octanol–water partition coefficient (Wildman–Crippen LogP) is 5.13. The van der Waals surface area contributed by atoms with Crippen molar-refractivity contribution < 1.29 is 0 Å². The Morgan fingerprint density at radius 1 is 1.21 bits per heavy atom. The fraction of sp³-hybridized carbons (Fsp3) is 0.188. The van der Waals surface area contributed by atoms with Crippen molar-refractivity contribution in [2.45, 2.75) is 18.3 Å². The molecule has 19 heavy (non-hydrogen) atoms. The van der Waals surface area contributed by atoms with Crippen LogP contribution in [0.5, 0.6) is 0 Å². The predicted molar refractivity (Wildman–Crippen MR) is 80.6 cm³/mol. The molecular weight excluding hydrogens is 277 g/mol. The molecule has 1 fully saturated rings. The Morgan fingerprint density at radius 3 is 2.58 bits per heavy atom. The van der Waals surface area contributed by atoms with E-state index in [1.807, 2.05) is 24.4 Å². The van der Waals surface area contributed by atoms with Gasteiger partial charge in [-0.1, -0.05) is 41.9 Å². The van der Waals surface area contributed by atoms with E-state index in [1.165, 1.54) is 5.56 Å². The summed E-state index contributed by atoms with van der Waals surface area (Å²) in [6.07, 6.45) is 5.90. The molecule has 0 atom stereocenters. The van der Waals surface area contributed by atoms with Gasteiger partial charge in [0.2, 0.25) is 0 Å². The largest absolute Gasteiger partial charge is 0.264 e. The first-order valence-corrected chi connectivity index (χ1v) is 6.94. The van der Waals surface area contributed by atoms with Crippen LogP contribution in [-0.4, -0.2) is 4.98 Å². The van der Waals surface area contributed by atoms with Crippen LogP contribution < -0.4 is 0 Å². The summed E-state index contributed by atoms with van der Waals surface area (Å²) in [5.41, 5.74) is 3.26. The summed E-state index contributed by atoms with van der Waals surface area (Å²) in [6, 6.07) is 9.64. The van der Waals surface area contributed by atoms with Crippen LogP contribution in [0.3, 0.4) is 0 Å². The smallest absolute Gasteiger partial charge is 0.0496 e. The second-order valence-corrected chi connectivity index (χ2v) is 5.77. The van der Waals surface area contributed by atoms with Crippen molar-refractivity contribution >= 4 is 28.8 Å². The lowest BCUT2D eigenvalue weighted by atomic mass is 9.85. The summed E-state index contributed by atoms with van der Waals surface area (Å²) >= 11 is 12.2. The molecule has 0 aliphatic heterocycles. The van der Waals surface area contributed by atoms with Crippen molar-refractivity contribution in [3.8, 4) is 0 Å². The van der Waals surface area contributed by atoms with Crippen molar-refractivity contribution in [2.75, 3.05) is 0 Å². The molecule has 3 heteroatoms. The molecule has 0 radical (unpaired) electrons. The summed E-state index contributed by atoms with van der Waals surface area (Å²) in [5.74, 6) is 0. The minimum Gasteiger partial charge on any atom is -0.264 e. The number of nitrogens with zero attached hydrogens (tertiary/aromatic N) is 1. The molecular formula is C16H13Cl2N. The van der Waals surface area contributed by atoms with E-state index in [4.69, 9.17) is 23.2 Å². The van der Waals surface area contributed by atoms with Crippen LogP contribution in [0.25, 0.3) is 5.57 Å².